The molecule has 1 aromatic carbocycles. The number of hydrogen-bond donors (Lipinski definition) is 1. The van der Waals surface area contributed by atoms with E-state index in [1.54, 1.807) is 6.92 Å². The summed E-state index contributed by atoms with van der Waals surface area (Å²) < 4.78 is 28.6. The van der Waals surface area contributed by atoms with E-state index in [9.17, 15) is 8.42 Å². The second-order valence-corrected chi connectivity index (χ2v) is 7.92. The summed E-state index contributed by atoms with van der Waals surface area (Å²) in [5.74, 6) is 1.02. The van der Waals surface area contributed by atoms with Crippen LogP contribution in [-0.4, -0.2) is 33.1 Å². The minimum Gasteiger partial charge on any atom is -0.493 e. The van der Waals surface area contributed by atoms with E-state index in [1.165, 1.54) is 17.5 Å². The molecule has 118 valence electrons. The zero-order chi connectivity index (χ0) is 15.3. The molecule has 0 fully saturated rings. The molecule has 2 rings (SSSR count). The van der Waals surface area contributed by atoms with E-state index >= 15 is 0 Å². The predicted molar refractivity (Wildman–Crippen MR) is 85.6 cm³/mol. The van der Waals surface area contributed by atoms with Gasteiger partial charge >= 0.3 is 0 Å². The SMILES string of the molecule is CCNC1CCCc2ccc(OCCS(=O)(=O)CC)cc21. The Kier molecular flexibility index (Phi) is 5.65. The molecule has 0 heterocycles. The van der Waals surface area contributed by atoms with E-state index < -0.39 is 9.84 Å². The highest BCUT2D eigenvalue weighted by molar-refractivity contribution is 7.91. The Labute approximate surface area is 127 Å². The van der Waals surface area contributed by atoms with Gasteiger partial charge in [0.15, 0.2) is 9.84 Å². The van der Waals surface area contributed by atoms with E-state index in [0.717, 1.165) is 25.1 Å². The van der Waals surface area contributed by atoms with Gasteiger partial charge in [-0.05, 0) is 49.1 Å². The normalized spacial score (nSPS) is 18.3. The van der Waals surface area contributed by atoms with Crippen LogP contribution in [0.5, 0.6) is 5.75 Å². The van der Waals surface area contributed by atoms with Gasteiger partial charge in [0.2, 0.25) is 0 Å². The van der Waals surface area contributed by atoms with Crippen molar-refractivity contribution in [3.8, 4) is 5.75 Å². The molecule has 0 spiro atoms. The van der Waals surface area contributed by atoms with Crippen LogP contribution >= 0.6 is 0 Å². The monoisotopic (exact) mass is 311 g/mol. The van der Waals surface area contributed by atoms with Gasteiger partial charge in [0.25, 0.3) is 0 Å². The Balaban J connectivity index is 2.04. The van der Waals surface area contributed by atoms with E-state index in [4.69, 9.17) is 4.74 Å². The summed E-state index contributed by atoms with van der Waals surface area (Å²) in [5, 5.41) is 3.51. The molecule has 0 aliphatic heterocycles. The van der Waals surface area contributed by atoms with Crippen LogP contribution in [-0.2, 0) is 16.3 Å². The number of ether oxygens (including phenoxy) is 1. The van der Waals surface area contributed by atoms with Crippen molar-refractivity contribution in [3.05, 3.63) is 29.3 Å². The van der Waals surface area contributed by atoms with Crippen LogP contribution in [0.1, 0.15) is 43.9 Å². The van der Waals surface area contributed by atoms with Crippen LogP contribution in [0, 0.1) is 0 Å². The van der Waals surface area contributed by atoms with Crippen LogP contribution in [0.25, 0.3) is 0 Å². The maximum atomic E-state index is 11.5. The van der Waals surface area contributed by atoms with Crippen LogP contribution in [0.2, 0.25) is 0 Å². The lowest BCUT2D eigenvalue weighted by Gasteiger charge is -2.26. The van der Waals surface area contributed by atoms with Gasteiger partial charge in [0, 0.05) is 11.8 Å². The summed E-state index contributed by atoms with van der Waals surface area (Å²) in [6, 6.07) is 6.52. The van der Waals surface area contributed by atoms with Gasteiger partial charge in [-0.2, -0.15) is 0 Å². The number of aryl methyl sites for hydroxylation is 1. The number of benzene rings is 1. The van der Waals surface area contributed by atoms with Gasteiger partial charge in [-0.3, -0.25) is 0 Å². The summed E-state index contributed by atoms with van der Waals surface area (Å²) >= 11 is 0. The van der Waals surface area contributed by atoms with Crippen molar-refractivity contribution in [3.63, 3.8) is 0 Å². The Morgan fingerprint density at radius 3 is 2.86 bits per heavy atom. The standard InChI is InChI=1S/C16H25NO3S/c1-3-17-16-7-5-6-13-8-9-14(12-15(13)16)20-10-11-21(18,19)4-2/h8-9,12,16-17H,3-7,10-11H2,1-2H3. The van der Waals surface area contributed by atoms with E-state index in [-0.39, 0.29) is 18.1 Å². The number of fused-ring (bicyclic) bond motifs is 1. The number of hydrogen-bond acceptors (Lipinski definition) is 4. The van der Waals surface area contributed by atoms with Crippen LogP contribution < -0.4 is 10.1 Å². The van der Waals surface area contributed by atoms with Crippen molar-refractivity contribution in [2.75, 3.05) is 24.7 Å². The van der Waals surface area contributed by atoms with Gasteiger partial charge in [-0.1, -0.05) is 19.9 Å². The fourth-order valence-electron chi connectivity index (χ4n) is 2.76. The molecule has 0 radical (unpaired) electrons. The lowest BCUT2D eigenvalue weighted by Crippen LogP contribution is -2.25. The predicted octanol–water partition coefficient (Wildman–Crippen LogP) is 2.49. The molecule has 5 heteroatoms. The Bertz CT molecular complexity index is 569. The Morgan fingerprint density at radius 2 is 2.14 bits per heavy atom. The topological polar surface area (TPSA) is 55.4 Å². The maximum Gasteiger partial charge on any atom is 0.153 e. The lowest BCUT2D eigenvalue weighted by atomic mass is 9.87. The van der Waals surface area contributed by atoms with E-state index in [2.05, 4.69) is 24.4 Å². The molecular weight excluding hydrogens is 286 g/mol. The second-order valence-electron chi connectivity index (χ2n) is 5.45. The third-order valence-electron chi connectivity index (χ3n) is 3.99. The first-order chi connectivity index (χ1) is 10.1. The molecular formula is C16H25NO3S. The number of sulfone groups is 1. The van der Waals surface area contributed by atoms with Crippen molar-refractivity contribution < 1.29 is 13.2 Å². The smallest absolute Gasteiger partial charge is 0.153 e. The maximum absolute atomic E-state index is 11.5. The summed E-state index contributed by atoms with van der Waals surface area (Å²) in [7, 11) is -2.96. The molecule has 0 aromatic heterocycles. The van der Waals surface area contributed by atoms with Crippen molar-refractivity contribution in [2.24, 2.45) is 0 Å². The Hall–Kier alpha value is -1.07. The highest BCUT2D eigenvalue weighted by Crippen LogP contribution is 2.32. The highest BCUT2D eigenvalue weighted by atomic mass is 32.2. The van der Waals surface area contributed by atoms with Gasteiger partial charge < -0.3 is 10.1 Å². The average Bonchev–Trinajstić information content (AvgIpc) is 2.48. The summed E-state index contributed by atoms with van der Waals surface area (Å²) in [4.78, 5) is 0. The van der Waals surface area contributed by atoms with Gasteiger partial charge in [-0.25, -0.2) is 8.42 Å². The van der Waals surface area contributed by atoms with Crippen molar-refractivity contribution in [2.45, 2.75) is 39.2 Å². The summed E-state index contributed by atoms with van der Waals surface area (Å²) in [6.07, 6.45) is 3.47. The van der Waals surface area contributed by atoms with Gasteiger partial charge in [0.1, 0.15) is 12.4 Å². The molecule has 0 saturated carbocycles. The zero-order valence-corrected chi connectivity index (χ0v) is 13.7. The van der Waals surface area contributed by atoms with E-state index in [0.29, 0.717) is 6.04 Å². The van der Waals surface area contributed by atoms with Crippen LogP contribution in [0.4, 0.5) is 0 Å². The molecule has 0 bridgehead atoms. The fourth-order valence-corrected chi connectivity index (χ4v) is 3.38. The van der Waals surface area contributed by atoms with Gasteiger partial charge in [0.05, 0.1) is 5.75 Å². The van der Waals surface area contributed by atoms with Crippen molar-refractivity contribution in [1.82, 2.24) is 5.32 Å². The second kappa shape index (κ2) is 7.27. The lowest BCUT2D eigenvalue weighted by molar-refractivity contribution is 0.339. The first-order valence-corrected chi connectivity index (χ1v) is 9.57. The van der Waals surface area contributed by atoms with Crippen LogP contribution in [0.15, 0.2) is 18.2 Å². The molecule has 0 saturated heterocycles. The molecule has 1 aliphatic carbocycles. The molecule has 1 aromatic rings. The molecule has 1 N–H and O–H groups in total. The molecule has 1 unspecified atom stereocenters. The van der Waals surface area contributed by atoms with Gasteiger partial charge in [-0.15, -0.1) is 0 Å². The first-order valence-electron chi connectivity index (χ1n) is 7.75. The molecule has 1 aliphatic rings. The fraction of sp³-hybridized carbons (Fsp3) is 0.625. The Morgan fingerprint density at radius 1 is 1.33 bits per heavy atom. The zero-order valence-electron chi connectivity index (χ0n) is 12.9. The average molecular weight is 311 g/mol. The third kappa shape index (κ3) is 4.45. The summed E-state index contributed by atoms with van der Waals surface area (Å²) in [6.45, 7) is 4.95. The largest absolute Gasteiger partial charge is 0.493 e. The number of nitrogens with one attached hydrogen (secondary N) is 1. The quantitative estimate of drug-likeness (QED) is 0.840. The minimum absolute atomic E-state index is 0.0806. The third-order valence-corrected chi connectivity index (χ3v) is 5.65. The minimum atomic E-state index is -2.96. The number of rotatable bonds is 7. The van der Waals surface area contributed by atoms with Crippen molar-refractivity contribution >= 4 is 9.84 Å². The first kappa shape index (κ1) is 16.3. The molecule has 21 heavy (non-hydrogen) atoms. The molecule has 1 atom stereocenters. The van der Waals surface area contributed by atoms with Crippen molar-refractivity contribution in [1.29, 1.82) is 0 Å². The summed E-state index contributed by atoms with van der Waals surface area (Å²) in [5.41, 5.74) is 2.68. The van der Waals surface area contributed by atoms with E-state index in [1.807, 2.05) is 6.07 Å². The highest BCUT2D eigenvalue weighted by Gasteiger charge is 2.20. The molecule has 4 nitrogen and oxygen atoms in total. The molecule has 0 amide bonds. The van der Waals surface area contributed by atoms with Crippen LogP contribution in [0.3, 0.4) is 0 Å².